The summed E-state index contributed by atoms with van der Waals surface area (Å²) in [5.74, 6) is -0.270. The third-order valence-corrected chi connectivity index (χ3v) is 6.72. The van der Waals surface area contributed by atoms with Gasteiger partial charge in [-0.05, 0) is 65.8 Å². The van der Waals surface area contributed by atoms with Gasteiger partial charge in [-0.2, -0.15) is 0 Å². The second-order valence-corrected chi connectivity index (χ2v) is 9.44. The van der Waals surface area contributed by atoms with Crippen LogP contribution in [0.5, 0.6) is 0 Å². The molecule has 36 heavy (non-hydrogen) atoms. The van der Waals surface area contributed by atoms with Crippen molar-refractivity contribution in [1.82, 2.24) is 0 Å². The van der Waals surface area contributed by atoms with Gasteiger partial charge in [-0.1, -0.05) is 67.2 Å². The molecule has 0 saturated carbocycles. The number of halogens is 1. The number of aliphatic hydroxyl groups excluding tert-OH is 1. The van der Waals surface area contributed by atoms with Gasteiger partial charge in [0.05, 0.1) is 24.0 Å². The molecule has 3 N–H and O–H groups in total. The van der Waals surface area contributed by atoms with Crippen LogP contribution in [-0.2, 0) is 11.2 Å². The zero-order valence-corrected chi connectivity index (χ0v) is 20.8. The summed E-state index contributed by atoms with van der Waals surface area (Å²) >= 11 is 0. The van der Waals surface area contributed by atoms with E-state index in [1.54, 1.807) is 12.1 Å². The normalized spacial score (nSPS) is 20.5. The van der Waals surface area contributed by atoms with Gasteiger partial charge in [-0.15, -0.1) is 0 Å². The molecule has 188 valence electrons. The van der Waals surface area contributed by atoms with E-state index >= 15 is 0 Å². The van der Waals surface area contributed by atoms with Gasteiger partial charge in [0, 0.05) is 25.7 Å². The number of nitrogens with two attached hydrogens (primary N) is 1. The van der Waals surface area contributed by atoms with Crippen molar-refractivity contribution >= 4 is 11.4 Å². The third kappa shape index (κ3) is 6.49. The molecule has 0 aliphatic carbocycles. The zero-order chi connectivity index (χ0) is 25.5. The maximum atomic E-state index is 13.7. The Morgan fingerprint density at radius 2 is 1.58 bits per heavy atom. The Labute approximate surface area is 213 Å². The van der Waals surface area contributed by atoms with Gasteiger partial charge in [0.1, 0.15) is 5.82 Å². The van der Waals surface area contributed by atoms with Crippen LogP contribution >= 0.6 is 0 Å². The van der Waals surface area contributed by atoms with E-state index in [0.29, 0.717) is 32.2 Å². The van der Waals surface area contributed by atoms with Crippen LogP contribution in [0.3, 0.4) is 0 Å². The largest absolute Gasteiger partial charge is 0.393 e. The molecule has 3 aromatic rings. The van der Waals surface area contributed by atoms with E-state index in [2.05, 4.69) is 35.7 Å². The summed E-state index contributed by atoms with van der Waals surface area (Å²) in [6.07, 6.45) is 1.64. The summed E-state index contributed by atoms with van der Waals surface area (Å²) in [5, 5.41) is 10.4. The summed E-state index contributed by atoms with van der Waals surface area (Å²) in [5.41, 5.74) is 12.0. The van der Waals surface area contributed by atoms with Crippen molar-refractivity contribution in [2.24, 2.45) is 5.73 Å². The molecule has 0 amide bonds. The minimum atomic E-state index is -0.429. The van der Waals surface area contributed by atoms with Crippen LogP contribution in [0.25, 0.3) is 5.70 Å². The Morgan fingerprint density at radius 1 is 0.972 bits per heavy atom. The predicted molar refractivity (Wildman–Crippen MR) is 145 cm³/mol. The highest BCUT2D eigenvalue weighted by Gasteiger charge is 2.29. The third-order valence-electron chi connectivity index (χ3n) is 6.72. The minimum Gasteiger partial charge on any atom is -0.393 e. The molecule has 0 aromatic heterocycles. The first-order chi connectivity index (χ1) is 17.4. The first-order valence-electron chi connectivity index (χ1n) is 12.5. The Balaban J connectivity index is 1.78. The van der Waals surface area contributed by atoms with Crippen molar-refractivity contribution in [2.45, 2.75) is 44.0 Å². The lowest BCUT2D eigenvalue weighted by atomic mass is 9.88. The van der Waals surface area contributed by atoms with Gasteiger partial charge in [0.25, 0.3) is 0 Å². The van der Waals surface area contributed by atoms with E-state index in [1.165, 1.54) is 17.7 Å². The van der Waals surface area contributed by atoms with Gasteiger partial charge in [0.15, 0.2) is 0 Å². The number of aliphatic hydroxyl groups is 1. The summed E-state index contributed by atoms with van der Waals surface area (Å²) in [4.78, 5) is 2.09. The molecule has 4 nitrogen and oxygen atoms in total. The van der Waals surface area contributed by atoms with Crippen molar-refractivity contribution in [3.05, 3.63) is 120 Å². The second kappa shape index (κ2) is 12.1. The summed E-state index contributed by atoms with van der Waals surface area (Å²) in [6, 6.07) is 27.0. The molecule has 1 heterocycles. The molecular formula is C31H35FN2O2. The van der Waals surface area contributed by atoms with Crippen LogP contribution in [-0.4, -0.2) is 37.0 Å². The highest BCUT2D eigenvalue weighted by Crippen LogP contribution is 2.35. The Bertz CT molecular complexity index is 1160. The highest BCUT2D eigenvalue weighted by molar-refractivity contribution is 5.83. The number of benzene rings is 3. The van der Waals surface area contributed by atoms with Crippen LogP contribution in [0.4, 0.5) is 10.1 Å². The van der Waals surface area contributed by atoms with Crippen molar-refractivity contribution in [1.29, 1.82) is 0 Å². The van der Waals surface area contributed by atoms with Crippen LogP contribution in [0.1, 0.15) is 30.4 Å². The standard InChI is InChI=1S/C31H35FN2O2/c1-22(17-28-19-27(35)20-29(21-33)36-28)30(18-23-9-5-3-6-10-23)31(24-11-7-4-8-12-24)34(2)26-15-13-25(32)14-16-26/h3-16,27-29,35H,1,17-21,33H2,2H3/b31-30-. The fourth-order valence-electron chi connectivity index (χ4n) is 4.90. The number of hydrogen-bond donors (Lipinski definition) is 2. The van der Waals surface area contributed by atoms with Gasteiger partial charge in [0.2, 0.25) is 0 Å². The van der Waals surface area contributed by atoms with Crippen molar-refractivity contribution in [3.8, 4) is 0 Å². The molecule has 5 heteroatoms. The predicted octanol–water partition coefficient (Wildman–Crippen LogP) is 5.73. The van der Waals surface area contributed by atoms with E-state index in [1.807, 2.05) is 43.4 Å². The molecular weight excluding hydrogens is 451 g/mol. The summed E-state index contributed by atoms with van der Waals surface area (Å²) in [6.45, 7) is 4.90. The number of allylic oxidation sites excluding steroid dienone is 1. The molecule has 0 spiro atoms. The molecule has 1 saturated heterocycles. The molecule has 3 unspecified atom stereocenters. The number of nitrogens with zero attached hydrogens (tertiary/aromatic N) is 1. The molecule has 1 fully saturated rings. The van der Waals surface area contributed by atoms with Crippen LogP contribution in [0.15, 0.2) is 103 Å². The monoisotopic (exact) mass is 486 g/mol. The zero-order valence-electron chi connectivity index (χ0n) is 20.8. The second-order valence-electron chi connectivity index (χ2n) is 9.44. The molecule has 0 bridgehead atoms. The average molecular weight is 487 g/mol. The van der Waals surface area contributed by atoms with Gasteiger partial charge in [-0.3, -0.25) is 0 Å². The van der Waals surface area contributed by atoms with E-state index in [-0.39, 0.29) is 18.0 Å². The molecule has 0 radical (unpaired) electrons. The lowest BCUT2D eigenvalue weighted by molar-refractivity contribution is -0.0899. The lowest BCUT2D eigenvalue weighted by Crippen LogP contribution is -2.39. The van der Waals surface area contributed by atoms with Crippen LogP contribution < -0.4 is 10.6 Å². The van der Waals surface area contributed by atoms with Crippen molar-refractivity contribution in [2.75, 3.05) is 18.5 Å². The van der Waals surface area contributed by atoms with Crippen LogP contribution in [0.2, 0.25) is 0 Å². The maximum absolute atomic E-state index is 13.7. The Kier molecular flexibility index (Phi) is 8.70. The van der Waals surface area contributed by atoms with E-state index in [4.69, 9.17) is 10.5 Å². The minimum absolute atomic E-state index is 0.149. The molecule has 1 aliphatic rings. The van der Waals surface area contributed by atoms with Crippen molar-refractivity contribution in [3.63, 3.8) is 0 Å². The Hall–Kier alpha value is -3.25. The van der Waals surface area contributed by atoms with Gasteiger partial charge < -0.3 is 20.5 Å². The fraction of sp³-hybridized carbons (Fsp3) is 0.290. The average Bonchev–Trinajstić information content (AvgIpc) is 2.89. The maximum Gasteiger partial charge on any atom is 0.123 e. The fourth-order valence-corrected chi connectivity index (χ4v) is 4.90. The highest BCUT2D eigenvalue weighted by atomic mass is 19.1. The van der Waals surface area contributed by atoms with Crippen LogP contribution in [0, 0.1) is 5.82 Å². The number of rotatable bonds is 9. The van der Waals surface area contributed by atoms with E-state index in [9.17, 15) is 9.50 Å². The Morgan fingerprint density at radius 3 is 2.22 bits per heavy atom. The molecule has 1 aliphatic heterocycles. The van der Waals surface area contributed by atoms with Crippen molar-refractivity contribution < 1.29 is 14.2 Å². The summed E-state index contributed by atoms with van der Waals surface area (Å²) < 4.78 is 19.9. The molecule has 4 rings (SSSR count). The van der Waals surface area contributed by atoms with E-state index in [0.717, 1.165) is 28.1 Å². The summed E-state index contributed by atoms with van der Waals surface area (Å²) in [7, 11) is 2.00. The number of hydrogen-bond acceptors (Lipinski definition) is 4. The van der Waals surface area contributed by atoms with Gasteiger partial charge >= 0.3 is 0 Å². The number of ether oxygens (including phenoxy) is 1. The first-order valence-corrected chi connectivity index (χ1v) is 12.5. The SMILES string of the molecule is C=C(CC1CC(O)CC(CN)O1)/C(Cc1ccccc1)=C(/c1ccccc1)N(C)c1ccc(F)cc1. The smallest absolute Gasteiger partial charge is 0.123 e. The van der Waals surface area contributed by atoms with E-state index < -0.39 is 6.10 Å². The molecule has 3 atom stereocenters. The topological polar surface area (TPSA) is 58.7 Å². The first kappa shape index (κ1) is 25.8. The quantitative estimate of drug-likeness (QED) is 0.379. The lowest BCUT2D eigenvalue weighted by Gasteiger charge is -2.34. The van der Waals surface area contributed by atoms with Gasteiger partial charge in [-0.25, -0.2) is 4.39 Å². The molecule has 3 aromatic carbocycles. The number of anilines is 1.